The Morgan fingerprint density at radius 1 is 1.26 bits per heavy atom. The molecule has 1 fully saturated rings. The predicted molar refractivity (Wildman–Crippen MR) is 104 cm³/mol. The van der Waals surface area contributed by atoms with Gasteiger partial charge in [-0.3, -0.25) is 9.67 Å². The summed E-state index contributed by atoms with van der Waals surface area (Å²) in [6, 6.07) is 8.78. The summed E-state index contributed by atoms with van der Waals surface area (Å²) in [7, 11) is 1.78. The summed E-state index contributed by atoms with van der Waals surface area (Å²) in [6.07, 6.45) is 6.52. The molecule has 2 heterocycles. The molecule has 1 saturated heterocycles. The van der Waals surface area contributed by atoms with Crippen LogP contribution in [0.5, 0.6) is 0 Å². The topological polar surface area (TPSA) is 63.5 Å². The highest BCUT2D eigenvalue weighted by atomic mass is 19.1. The molecule has 1 aliphatic rings. The van der Waals surface area contributed by atoms with Gasteiger partial charge in [0.2, 0.25) is 0 Å². The summed E-state index contributed by atoms with van der Waals surface area (Å²) in [5.41, 5.74) is 1.08. The smallest absolute Gasteiger partial charge is 0.191 e. The van der Waals surface area contributed by atoms with Crippen molar-refractivity contribution in [3.63, 3.8) is 0 Å². The number of aliphatic imine (C=N–C) groups is 1. The highest BCUT2D eigenvalue weighted by molar-refractivity contribution is 5.79. The van der Waals surface area contributed by atoms with Crippen LogP contribution in [0.3, 0.4) is 0 Å². The Hall–Kier alpha value is -2.41. The van der Waals surface area contributed by atoms with Crippen LogP contribution in [0.2, 0.25) is 0 Å². The number of halogens is 1. The Balaban J connectivity index is 1.54. The van der Waals surface area contributed by atoms with Gasteiger partial charge in [0.05, 0.1) is 0 Å². The summed E-state index contributed by atoms with van der Waals surface area (Å²) < 4.78 is 20.8. The average Bonchev–Trinajstić information content (AvgIpc) is 3.22. The lowest BCUT2D eigenvalue weighted by molar-refractivity contribution is 0.0513. The second kappa shape index (κ2) is 9.50. The molecule has 0 unspecified atom stereocenters. The van der Waals surface area contributed by atoms with Crippen LogP contribution in [-0.2, 0) is 16.7 Å². The van der Waals surface area contributed by atoms with Crippen molar-refractivity contribution in [2.24, 2.45) is 4.99 Å². The standard InChI is InChI=1S/C20H28FN5O/c1-22-19(23-10-2-12-26-13-3-11-25-26)24-16-20(8-14-27-15-9-20)17-4-6-18(21)7-5-17/h3-7,11,13H,2,8-10,12,14-16H2,1H3,(H2,22,23,24). The van der Waals surface area contributed by atoms with Gasteiger partial charge in [0.15, 0.2) is 5.96 Å². The van der Waals surface area contributed by atoms with Gasteiger partial charge in [0, 0.05) is 57.7 Å². The fraction of sp³-hybridized carbons (Fsp3) is 0.500. The number of nitrogens with zero attached hydrogens (tertiary/aromatic N) is 3. The number of benzene rings is 1. The summed E-state index contributed by atoms with van der Waals surface area (Å²) in [4.78, 5) is 4.33. The van der Waals surface area contributed by atoms with E-state index in [4.69, 9.17) is 4.74 Å². The first-order valence-corrected chi connectivity index (χ1v) is 9.48. The van der Waals surface area contributed by atoms with E-state index in [1.165, 1.54) is 12.1 Å². The lowest BCUT2D eigenvalue weighted by Gasteiger charge is -2.38. The molecule has 0 saturated carbocycles. The van der Waals surface area contributed by atoms with E-state index in [9.17, 15) is 4.39 Å². The van der Waals surface area contributed by atoms with E-state index in [1.54, 1.807) is 13.2 Å². The van der Waals surface area contributed by atoms with Crippen molar-refractivity contribution < 1.29 is 9.13 Å². The second-order valence-electron chi connectivity index (χ2n) is 6.87. The molecule has 27 heavy (non-hydrogen) atoms. The van der Waals surface area contributed by atoms with Crippen LogP contribution in [0.1, 0.15) is 24.8 Å². The molecule has 6 nitrogen and oxygen atoms in total. The van der Waals surface area contributed by atoms with Crippen molar-refractivity contribution in [2.75, 3.05) is 33.4 Å². The molecule has 0 amide bonds. The number of rotatable bonds is 7. The SMILES string of the molecule is CN=C(NCCCn1cccn1)NCC1(c2ccc(F)cc2)CCOCC1. The van der Waals surface area contributed by atoms with E-state index in [1.807, 2.05) is 29.1 Å². The van der Waals surface area contributed by atoms with Gasteiger partial charge in [0.25, 0.3) is 0 Å². The van der Waals surface area contributed by atoms with Crippen LogP contribution >= 0.6 is 0 Å². The third-order valence-electron chi connectivity index (χ3n) is 5.14. The fourth-order valence-electron chi connectivity index (χ4n) is 3.49. The van der Waals surface area contributed by atoms with Crippen molar-refractivity contribution in [1.29, 1.82) is 0 Å². The van der Waals surface area contributed by atoms with Crippen molar-refractivity contribution in [3.05, 3.63) is 54.1 Å². The molecule has 1 aromatic carbocycles. The molecule has 3 rings (SSSR count). The second-order valence-corrected chi connectivity index (χ2v) is 6.87. The minimum absolute atomic E-state index is 0.0708. The van der Waals surface area contributed by atoms with Gasteiger partial charge in [0.1, 0.15) is 5.82 Å². The Morgan fingerprint density at radius 2 is 2.04 bits per heavy atom. The molecule has 0 atom stereocenters. The molecule has 2 N–H and O–H groups in total. The molecule has 2 aromatic rings. The first kappa shape index (κ1) is 19.4. The van der Waals surface area contributed by atoms with E-state index in [0.717, 1.165) is 63.6 Å². The monoisotopic (exact) mass is 373 g/mol. The van der Waals surface area contributed by atoms with Crippen LogP contribution in [0, 0.1) is 5.82 Å². The molecular formula is C20H28FN5O. The molecule has 1 aliphatic heterocycles. The van der Waals surface area contributed by atoms with E-state index < -0.39 is 0 Å². The summed E-state index contributed by atoms with van der Waals surface area (Å²) in [5, 5.41) is 11.0. The lowest BCUT2D eigenvalue weighted by Crippen LogP contribution is -2.48. The van der Waals surface area contributed by atoms with Crippen molar-refractivity contribution in [3.8, 4) is 0 Å². The van der Waals surface area contributed by atoms with Gasteiger partial charge in [-0.05, 0) is 43.0 Å². The number of aryl methyl sites for hydroxylation is 1. The van der Waals surface area contributed by atoms with Crippen molar-refractivity contribution in [2.45, 2.75) is 31.2 Å². The number of hydrogen-bond donors (Lipinski definition) is 2. The lowest BCUT2D eigenvalue weighted by atomic mass is 9.74. The van der Waals surface area contributed by atoms with Crippen LogP contribution in [0.15, 0.2) is 47.7 Å². The molecule has 0 aliphatic carbocycles. The summed E-state index contributed by atoms with van der Waals surface area (Å²) >= 11 is 0. The first-order valence-electron chi connectivity index (χ1n) is 9.48. The zero-order valence-corrected chi connectivity index (χ0v) is 15.8. The normalized spacial score (nSPS) is 16.9. The van der Waals surface area contributed by atoms with Crippen LogP contribution in [-0.4, -0.2) is 49.1 Å². The van der Waals surface area contributed by atoms with Gasteiger partial charge in [-0.1, -0.05) is 12.1 Å². The fourth-order valence-corrected chi connectivity index (χ4v) is 3.49. The molecule has 7 heteroatoms. The molecule has 1 aromatic heterocycles. The van der Waals surface area contributed by atoms with Crippen LogP contribution < -0.4 is 10.6 Å². The first-order chi connectivity index (χ1) is 13.2. The van der Waals surface area contributed by atoms with E-state index in [0.29, 0.717) is 0 Å². The average molecular weight is 373 g/mol. The zero-order chi connectivity index (χ0) is 19.0. The number of aromatic nitrogens is 2. The van der Waals surface area contributed by atoms with E-state index in [-0.39, 0.29) is 11.2 Å². The van der Waals surface area contributed by atoms with Gasteiger partial charge < -0.3 is 15.4 Å². The van der Waals surface area contributed by atoms with Gasteiger partial charge in [-0.15, -0.1) is 0 Å². The Kier molecular flexibility index (Phi) is 6.81. The maximum atomic E-state index is 13.3. The molecule has 0 radical (unpaired) electrons. The Labute approximate surface area is 159 Å². The Morgan fingerprint density at radius 3 is 2.70 bits per heavy atom. The number of hydrogen-bond acceptors (Lipinski definition) is 3. The Bertz CT molecular complexity index is 708. The van der Waals surface area contributed by atoms with Gasteiger partial charge in [-0.2, -0.15) is 5.10 Å². The summed E-state index contributed by atoms with van der Waals surface area (Å²) in [6.45, 7) is 3.85. The largest absolute Gasteiger partial charge is 0.381 e. The van der Waals surface area contributed by atoms with Crippen LogP contribution in [0.25, 0.3) is 0 Å². The molecule has 146 valence electrons. The van der Waals surface area contributed by atoms with Crippen molar-refractivity contribution in [1.82, 2.24) is 20.4 Å². The van der Waals surface area contributed by atoms with E-state index in [2.05, 4.69) is 20.7 Å². The number of nitrogens with one attached hydrogen (secondary N) is 2. The molecule has 0 spiro atoms. The minimum Gasteiger partial charge on any atom is -0.381 e. The highest BCUT2D eigenvalue weighted by Gasteiger charge is 2.34. The maximum Gasteiger partial charge on any atom is 0.191 e. The van der Waals surface area contributed by atoms with Crippen LogP contribution in [0.4, 0.5) is 4.39 Å². The van der Waals surface area contributed by atoms with Crippen molar-refractivity contribution >= 4 is 5.96 Å². The molecule has 0 bridgehead atoms. The highest BCUT2D eigenvalue weighted by Crippen LogP contribution is 2.34. The van der Waals surface area contributed by atoms with Gasteiger partial charge >= 0.3 is 0 Å². The third kappa shape index (κ3) is 5.29. The number of guanidine groups is 1. The predicted octanol–water partition coefficient (Wildman–Crippen LogP) is 2.33. The zero-order valence-electron chi connectivity index (χ0n) is 15.8. The van der Waals surface area contributed by atoms with Gasteiger partial charge in [-0.25, -0.2) is 4.39 Å². The summed E-state index contributed by atoms with van der Waals surface area (Å²) in [5.74, 6) is 0.576. The minimum atomic E-state index is -0.205. The van der Waals surface area contributed by atoms with E-state index >= 15 is 0 Å². The maximum absolute atomic E-state index is 13.3. The third-order valence-corrected chi connectivity index (χ3v) is 5.14. The molecular weight excluding hydrogens is 345 g/mol. The number of ether oxygens (including phenoxy) is 1. The quantitative estimate of drug-likeness (QED) is 0.444.